The number of piperidine rings is 1. The third kappa shape index (κ3) is 3.72. The van der Waals surface area contributed by atoms with E-state index in [1.165, 1.54) is 0 Å². The van der Waals surface area contributed by atoms with E-state index < -0.39 is 5.60 Å². The fourth-order valence-electron chi connectivity index (χ4n) is 2.63. The minimum absolute atomic E-state index is 0.255. The van der Waals surface area contributed by atoms with Crippen molar-refractivity contribution in [1.82, 2.24) is 15.1 Å². The number of likely N-dealkylation sites (tertiary alicyclic amines) is 1. The van der Waals surface area contributed by atoms with Crippen LogP contribution in [0.1, 0.15) is 29.8 Å². The third-order valence-electron chi connectivity index (χ3n) is 3.98. The van der Waals surface area contributed by atoms with Crippen LogP contribution in [-0.4, -0.2) is 52.6 Å². The Morgan fingerprint density at radius 2 is 2.32 bits per heavy atom. The van der Waals surface area contributed by atoms with Gasteiger partial charge in [0.05, 0.1) is 12.1 Å². The minimum Gasteiger partial charge on any atom is -0.389 e. The molecule has 1 aliphatic rings. The summed E-state index contributed by atoms with van der Waals surface area (Å²) in [6, 6.07) is 0. The molecule has 1 aromatic heterocycles. The van der Waals surface area contributed by atoms with Gasteiger partial charge in [-0.25, -0.2) is 0 Å². The molecule has 1 N–H and O–H groups in total. The highest BCUT2D eigenvalue weighted by molar-refractivity contribution is 7.11. The van der Waals surface area contributed by atoms with Crippen LogP contribution in [0.4, 0.5) is 0 Å². The first-order valence-electron chi connectivity index (χ1n) is 6.76. The van der Waals surface area contributed by atoms with Gasteiger partial charge in [-0.2, -0.15) is 0 Å². The Kier molecular flexibility index (Phi) is 4.89. The van der Waals surface area contributed by atoms with Crippen molar-refractivity contribution in [1.29, 1.82) is 0 Å². The second-order valence-electron chi connectivity index (χ2n) is 5.45. The van der Waals surface area contributed by atoms with E-state index in [4.69, 9.17) is 4.74 Å². The van der Waals surface area contributed by atoms with E-state index in [-0.39, 0.29) is 5.92 Å². The highest BCUT2D eigenvalue weighted by Gasteiger charge is 2.38. The summed E-state index contributed by atoms with van der Waals surface area (Å²) in [5.41, 5.74) is -0.580. The van der Waals surface area contributed by atoms with Crippen molar-refractivity contribution in [3.63, 3.8) is 0 Å². The van der Waals surface area contributed by atoms with Gasteiger partial charge in [-0.15, -0.1) is 21.5 Å². The van der Waals surface area contributed by atoms with E-state index >= 15 is 0 Å². The molecule has 19 heavy (non-hydrogen) atoms. The number of aryl methyl sites for hydroxylation is 1. The maximum absolute atomic E-state index is 10.6. The lowest BCUT2D eigenvalue weighted by molar-refractivity contribution is -0.0827. The lowest BCUT2D eigenvalue weighted by atomic mass is 9.80. The average molecular weight is 285 g/mol. The Balaban J connectivity index is 1.88. The molecular weight excluding hydrogens is 262 g/mol. The second-order valence-corrected chi connectivity index (χ2v) is 6.71. The molecule has 6 heteroatoms. The van der Waals surface area contributed by atoms with Crippen molar-refractivity contribution in [2.45, 2.75) is 38.8 Å². The monoisotopic (exact) mass is 285 g/mol. The zero-order valence-electron chi connectivity index (χ0n) is 11.9. The van der Waals surface area contributed by atoms with Crippen LogP contribution in [0.2, 0.25) is 0 Å². The molecule has 1 fully saturated rings. The number of methoxy groups -OCH3 is 1. The Labute approximate surface area is 118 Å². The molecule has 108 valence electrons. The number of ether oxygens (including phenoxy) is 1. The summed E-state index contributed by atoms with van der Waals surface area (Å²) < 4.78 is 5.09. The van der Waals surface area contributed by atoms with Gasteiger partial charge in [0, 0.05) is 26.8 Å². The third-order valence-corrected chi connectivity index (χ3v) is 4.80. The predicted molar refractivity (Wildman–Crippen MR) is 75.1 cm³/mol. The number of rotatable bonds is 5. The first-order valence-corrected chi connectivity index (χ1v) is 7.58. The number of aromatic nitrogens is 2. The van der Waals surface area contributed by atoms with E-state index in [9.17, 15) is 5.11 Å². The molecule has 2 rings (SSSR count). The number of hydrogen-bond acceptors (Lipinski definition) is 6. The number of aliphatic hydroxyl groups is 1. The standard InChI is InChI=1S/C13H23N3O2S/c1-10-8-16(9-12-15-14-11(2)19-12)6-4-13(10,17)5-7-18-3/h10,17H,4-9H2,1-3H3. The summed E-state index contributed by atoms with van der Waals surface area (Å²) in [7, 11) is 1.68. The van der Waals surface area contributed by atoms with Crippen molar-refractivity contribution in [3.8, 4) is 0 Å². The lowest BCUT2D eigenvalue weighted by Crippen LogP contribution is -2.51. The molecule has 0 spiro atoms. The molecule has 2 atom stereocenters. The number of nitrogens with zero attached hydrogens (tertiary/aromatic N) is 3. The van der Waals surface area contributed by atoms with Gasteiger partial charge >= 0.3 is 0 Å². The van der Waals surface area contributed by atoms with Crippen LogP contribution in [0.25, 0.3) is 0 Å². The van der Waals surface area contributed by atoms with Crippen molar-refractivity contribution >= 4 is 11.3 Å². The zero-order chi connectivity index (χ0) is 13.9. The van der Waals surface area contributed by atoms with Crippen LogP contribution in [0.15, 0.2) is 0 Å². The average Bonchev–Trinajstić information content (AvgIpc) is 2.77. The molecule has 0 aromatic carbocycles. The van der Waals surface area contributed by atoms with E-state index in [2.05, 4.69) is 22.0 Å². The predicted octanol–water partition coefficient (Wildman–Crippen LogP) is 1.46. The molecule has 2 heterocycles. The molecule has 1 aromatic rings. The molecule has 0 bridgehead atoms. The molecular formula is C13H23N3O2S. The van der Waals surface area contributed by atoms with E-state index in [1.54, 1.807) is 18.4 Å². The molecule has 0 aliphatic carbocycles. The van der Waals surface area contributed by atoms with Crippen LogP contribution in [0.5, 0.6) is 0 Å². The maximum Gasteiger partial charge on any atom is 0.131 e. The van der Waals surface area contributed by atoms with Gasteiger partial charge in [0.15, 0.2) is 0 Å². The van der Waals surface area contributed by atoms with Gasteiger partial charge in [0.25, 0.3) is 0 Å². The summed E-state index contributed by atoms with van der Waals surface area (Å²) in [5.74, 6) is 0.255. The van der Waals surface area contributed by atoms with E-state index in [0.717, 1.165) is 42.5 Å². The summed E-state index contributed by atoms with van der Waals surface area (Å²) >= 11 is 1.65. The fraction of sp³-hybridized carbons (Fsp3) is 0.846. The van der Waals surface area contributed by atoms with E-state index in [0.29, 0.717) is 6.61 Å². The maximum atomic E-state index is 10.6. The molecule has 5 nitrogen and oxygen atoms in total. The lowest BCUT2D eigenvalue weighted by Gasteiger charge is -2.43. The Bertz CT molecular complexity index is 412. The second kappa shape index (κ2) is 6.26. The van der Waals surface area contributed by atoms with Crippen LogP contribution in [-0.2, 0) is 11.3 Å². The Morgan fingerprint density at radius 3 is 2.89 bits per heavy atom. The topological polar surface area (TPSA) is 58.5 Å². The molecule has 1 aliphatic heterocycles. The van der Waals surface area contributed by atoms with Crippen LogP contribution in [0, 0.1) is 12.8 Å². The van der Waals surface area contributed by atoms with Gasteiger partial charge in [-0.3, -0.25) is 4.90 Å². The Hall–Kier alpha value is -0.560. The molecule has 1 saturated heterocycles. The van der Waals surface area contributed by atoms with Crippen molar-refractivity contribution in [2.75, 3.05) is 26.8 Å². The highest BCUT2D eigenvalue weighted by atomic mass is 32.1. The van der Waals surface area contributed by atoms with Crippen molar-refractivity contribution < 1.29 is 9.84 Å². The molecule has 0 saturated carbocycles. The van der Waals surface area contributed by atoms with E-state index in [1.807, 2.05) is 6.92 Å². The van der Waals surface area contributed by atoms with Gasteiger partial charge < -0.3 is 9.84 Å². The zero-order valence-corrected chi connectivity index (χ0v) is 12.7. The van der Waals surface area contributed by atoms with Crippen LogP contribution < -0.4 is 0 Å². The molecule has 2 unspecified atom stereocenters. The van der Waals surface area contributed by atoms with Crippen LogP contribution in [0.3, 0.4) is 0 Å². The molecule has 0 amide bonds. The largest absolute Gasteiger partial charge is 0.389 e. The smallest absolute Gasteiger partial charge is 0.131 e. The van der Waals surface area contributed by atoms with Gasteiger partial charge in [0.2, 0.25) is 0 Å². The first kappa shape index (κ1) is 14.8. The van der Waals surface area contributed by atoms with Crippen molar-refractivity contribution in [3.05, 3.63) is 10.0 Å². The summed E-state index contributed by atoms with van der Waals surface area (Å²) in [6.45, 7) is 7.37. The number of hydrogen-bond donors (Lipinski definition) is 1. The highest BCUT2D eigenvalue weighted by Crippen LogP contribution is 2.31. The fourth-order valence-corrected chi connectivity index (χ4v) is 3.38. The first-order chi connectivity index (χ1) is 9.03. The Morgan fingerprint density at radius 1 is 1.53 bits per heavy atom. The van der Waals surface area contributed by atoms with Gasteiger partial charge in [-0.1, -0.05) is 6.92 Å². The summed E-state index contributed by atoms with van der Waals surface area (Å²) in [5, 5.41) is 20.9. The summed E-state index contributed by atoms with van der Waals surface area (Å²) in [4.78, 5) is 2.35. The quantitative estimate of drug-likeness (QED) is 0.887. The SMILES string of the molecule is COCCC1(O)CCN(Cc2nnc(C)s2)CC1C. The molecule has 0 radical (unpaired) electrons. The minimum atomic E-state index is -0.580. The van der Waals surface area contributed by atoms with Crippen LogP contribution >= 0.6 is 11.3 Å². The van der Waals surface area contributed by atoms with Crippen molar-refractivity contribution in [2.24, 2.45) is 5.92 Å². The summed E-state index contributed by atoms with van der Waals surface area (Å²) in [6.07, 6.45) is 1.52. The van der Waals surface area contributed by atoms with Gasteiger partial charge in [0.1, 0.15) is 10.0 Å². The normalized spacial score (nSPS) is 28.7. The van der Waals surface area contributed by atoms with Gasteiger partial charge in [-0.05, 0) is 25.7 Å².